The number of anilines is 1. The number of ether oxygens (including phenoxy) is 2. The third-order valence-corrected chi connectivity index (χ3v) is 6.73. The number of H-pyrrole nitrogens is 1. The number of tetrazole rings is 1. The maximum Gasteiger partial charge on any atom is 0.254 e. The largest absolute Gasteiger partial charge is 0.487 e. The molecule has 1 aliphatic rings. The average Bonchev–Trinajstić information content (AvgIpc) is 3.55. The number of hydrogen-bond donors (Lipinski definition) is 2. The number of nitrogens with one attached hydrogen (secondary N) is 2. The molecular weight excluding hydrogens is 508 g/mol. The van der Waals surface area contributed by atoms with Gasteiger partial charge in [0.05, 0.1) is 18.9 Å². The quantitative estimate of drug-likeness (QED) is 0.299. The lowest BCUT2D eigenvalue weighted by Crippen LogP contribution is -2.40. The van der Waals surface area contributed by atoms with Crippen LogP contribution in [-0.2, 0) is 16.1 Å². The molecule has 0 bridgehead atoms. The number of aromatic nitrogens is 4. The Balaban J connectivity index is 1.34. The van der Waals surface area contributed by atoms with Gasteiger partial charge in [0.15, 0.2) is 0 Å². The van der Waals surface area contributed by atoms with Crippen LogP contribution in [0, 0.1) is 0 Å². The second kappa shape index (κ2) is 13.0. The Morgan fingerprint density at radius 1 is 1.02 bits per heavy atom. The molecule has 5 rings (SSSR count). The third kappa shape index (κ3) is 6.52. The summed E-state index contributed by atoms with van der Waals surface area (Å²) >= 11 is 0. The summed E-state index contributed by atoms with van der Waals surface area (Å²) in [4.78, 5) is 27.3. The summed E-state index contributed by atoms with van der Waals surface area (Å²) in [7, 11) is 0. The van der Waals surface area contributed by atoms with Gasteiger partial charge in [-0.2, -0.15) is 5.21 Å². The van der Waals surface area contributed by atoms with Gasteiger partial charge in [-0.15, -0.1) is 10.2 Å². The van der Waals surface area contributed by atoms with Crippen molar-refractivity contribution in [1.82, 2.24) is 25.5 Å². The molecule has 1 aromatic heterocycles. The van der Waals surface area contributed by atoms with Crippen molar-refractivity contribution >= 4 is 17.5 Å². The lowest BCUT2D eigenvalue weighted by molar-refractivity contribution is -0.116. The molecule has 206 valence electrons. The van der Waals surface area contributed by atoms with E-state index in [0.29, 0.717) is 55.5 Å². The Labute approximate surface area is 232 Å². The summed E-state index contributed by atoms with van der Waals surface area (Å²) in [5.41, 5.74) is 4.87. The molecule has 0 unspecified atom stereocenters. The summed E-state index contributed by atoms with van der Waals surface area (Å²) in [5.74, 6) is 0.823. The summed E-state index contributed by atoms with van der Waals surface area (Å²) < 4.78 is 11.6. The van der Waals surface area contributed by atoms with Crippen molar-refractivity contribution in [3.63, 3.8) is 0 Å². The Morgan fingerprint density at radius 3 is 2.52 bits per heavy atom. The fourth-order valence-corrected chi connectivity index (χ4v) is 4.52. The van der Waals surface area contributed by atoms with Gasteiger partial charge in [0.25, 0.3) is 5.91 Å². The van der Waals surface area contributed by atoms with Gasteiger partial charge in [-0.1, -0.05) is 61.9 Å². The maximum atomic E-state index is 13.1. The van der Waals surface area contributed by atoms with Crippen LogP contribution in [0.1, 0.15) is 42.1 Å². The lowest BCUT2D eigenvalue weighted by atomic mass is 9.98. The van der Waals surface area contributed by atoms with Crippen LogP contribution in [0.3, 0.4) is 0 Å². The number of carbonyl (C=O) groups is 2. The van der Waals surface area contributed by atoms with Crippen LogP contribution in [0.5, 0.6) is 5.75 Å². The molecule has 2 N–H and O–H groups in total. The number of rotatable bonds is 10. The molecule has 1 saturated heterocycles. The first-order valence-electron chi connectivity index (χ1n) is 13.5. The fraction of sp³-hybridized carbons (Fsp3) is 0.300. The molecular formula is C30H32N6O4. The minimum absolute atomic E-state index is 0.0800. The van der Waals surface area contributed by atoms with Crippen LogP contribution in [-0.4, -0.2) is 63.6 Å². The number of unbranched alkanes of at least 4 members (excludes halogenated alkanes) is 1. The Hall–Kier alpha value is -4.57. The van der Waals surface area contributed by atoms with Crippen LogP contribution in [0.2, 0.25) is 0 Å². The van der Waals surface area contributed by atoms with Crippen molar-refractivity contribution in [3.8, 4) is 28.3 Å². The molecule has 2 amide bonds. The minimum Gasteiger partial charge on any atom is -0.487 e. The molecule has 2 heterocycles. The molecule has 0 atom stereocenters. The molecule has 40 heavy (non-hydrogen) atoms. The predicted molar refractivity (Wildman–Crippen MR) is 151 cm³/mol. The number of carbonyl (C=O) groups excluding carboxylic acids is 2. The van der Waals surface area contributed by atoms with Gasteiger partial charge in [-0.05, 0) is 46.5 Å². The van der Waals surface area contributed by atoms with Crippen LogP contribution in [0.25, 0.3) is 22.5 Å². The summed E-state index contributed by atoms with van der Waals surface area (Å²) in [6.07, 6.45) is 2.16. The van der Waals surface area contributed by atoms with E-state index in [1.54, 1.807) is 23.1 Å². The van der Waals surface area contributed by atoms with Gasteiger partial charge in [-0.3, -0.25) is 9.59 Å². The molecule has 0 saturated carbocycles. The standard InChI is InChI=1S/C30H32N6O4/c1-2-3-8-28(37)31-26-14-13-23(30(38)36-15-17-39-18-16-36)19-27(26)40-20-21-9-11-22(12-10-21)24-6-4-5-7-25(24)29-32-34-35-33-29/h4-7,9-14,19H,2-3,8,15-18,20H2,1H3,(H,31,37)(H,32,33,34,35). The van der Waals surface area contributed by atoms with E-state index in [0.717, 1.165) is 35.1 Å². The van der Waals surface area contributed by atoms with Crippen molar-refractivity contribution in [2.24, 2.45) is 0 Å². The van der Waals surface area contributed by atoms with Crippen molar-refractivity contribution in [3.05, 3.63) is 77.9 Å². The van der Waals surface area contributed by atoms with Gasteiger partial charge >= 0.3 is 0 Å². The van der Waals surface area contributed by atoms with Crippen molar-refractivity contribution < 1.29 is 19.1 Å². The van der Waals surface area contributed by atoms with E-state index in [1.807, 2.05) is 55.5 Å². The van der Waals surface area contributed by atoms with Crippen molar-refractivity contribution in [2.45, 2.75) is 32.8 Å². The van der Waals surface area contributed by atoms with Crippen LogP contribution in [0.15, 0.2) is 66.7 Å². The van der Waals surface area contributed by atoms with E-state index >= 15 is 0 Å². The third-order valence-electron chi connectivity index (χ3n) is 6.73. The molecule has 0 radical (unpaired) electrons. The van der Waals surface area contributed by atoms with Crippen LogP contribution in [0.4, 0.5) is 5.69 Å². The molecule has 10 nitrogen and oxygen atoms in total. The second-order valence-corrected chi connectivity index (χ2v) is 9.53. The zero-order valence-electron chi connectivity index (χ0n) is 22.4. The highest BCUT2D eigenvalue weighted by molar-refractivity contribution is 5.97. The molecule has 1 aliphatic heterocycles. The Morgan fingerprint density at radius 2 is 1.80 bits per heavy atom. The maximum absolute atomic E-state index is 13.1. The van der Waals surface area contributed by atoms with Gasteiger partial charge < -0.3 is 19.7 Å². The zero-order valence-corrected chi connectivity index (χ0v) is 22.4. The van der Waals surface area contributed by atoms with Gasteiger partial charge in [-0.25, -0.2) is 0 Å². The van der Waals surface area contributed by atoms with Crippen LogP contribution >= 0.6 is 0 Å². The van der Waals surface area contributed by atoms with Crippen molar-refractivity contribution in [2.75, 3.05) is 31.6 Å². The Kier molecular flexibility index (Phi) is 8.77. The van der Waals surface area contributed by atoms with E-state index in [-0.39, 0.29) is 18.4 Å². The number of hydrogen-bond acceptors (Lipinski definition) is 7. The second-order valence-electron chi connectivity index (χ2n) is 9.53. The van der Waals surface area contributed by atoms with Gasteiger partial charge in [0, 0.05) is 30.6 Å². The number of aromatic amines is 1. The van der Waals surface area contributed by atoms with E-state index in [4.69, 9.17) is 9.47 Å². The summed E-state index contributed by atoms with van der Waals surface area (Å²) in [6.45, 7) is 4.45. The average molecular weight is 541 g/mol. The predicted octanol–water partition coefficient (Wildman–Crippen LogP) is 4.71. The molecule has 1 fully saturated rings. The highest BCUT2D eigenvalue weighted by Gasteiger charge is 2.20. The van der Waals surface area contributed by atoms with Crippen LogP contribution < -0.4 is 10.1 Å². The van der Waals surface area contributed by atoms with E-state index in [1.165, 1.54) is 0 Å². The molecule has 0 aliphatic carbocycles. The summed E-state index contributed by atoms with van der Waals surface area (Å²) in [6, 6.07) is 21.1. The fourth-order valence-electron chi connectivity index (χ4n) is 4.52. The molecule has 0 spiro atoms. The Bertz CT molecular complexity index is 1430. The SMILES string of the molecule is CCCCC(=O)Nc1ccc(C(=O)N2CCOCC2)cc1OCc1ccc(-c2ccccc2-c2nn[nH]n2)cc1. The highest BCUT2D eigenvalue weighted by Crippen LogP contribution is 2.31. The number of benzene rings is 3. The van der Waals surface area contributed by atoms with E-state index < -0.39 is 0 Å². The normalized spacial score (nSPS) is 13.2. The molecule has 4 aromatic rings. The van der Waals surface area contributed by atoms with E-state index in [2.05, 4.69) is 25.9 Å². The van der Waals surface area contributed by atoms with Gasteiger partial charge in [0.1, 0.15) is 12.4 Å². The lowest BCUT2D eigenvalue weighted by Gasteiger charge is -2.27. The summed E-state index contributed by atoms with van der Waals surface area (Å²) in [5, 5.41) is 17.4. The van der Waals surface area contributed by atoms with E-state index in [9.17, 15) is 9.59 Å². The van der Waals surface area contributed by atoms with Gasteiger partial charge in [0.2, 0.25) is 11.7 Å². The zero-order chi connectivity index (χ0) is 27.7. The minimum atomic E-state index is -0.0818. The number of morpholine rings is 1. The molecule has 10 heteroatoms. The first-order chi connectivity index (χ1) is 19.6. The topological polar surface area (TPSA) is 122 Å². The highest BCUT2D eigenvalue weighted by atomic mass is 16.5. The smallest absolute Gasteiger partial charge is 0.254 e. The number of amides is 2. The monoisotopic (exact) mass is 540 g/mol. The number of nitrogens with zero attached hydrogens (tertiary/aromatic N) is 4. The van der Waals surface area contributed by atoms with Crippen molar-refractivity contribution in [1.29, 1.82) is 0 Å². The first-order valence-corrected chi connectivity index (χ1v) is 13.5. The first kappa shape index (κ1) is 27.0. The molecule has 3 aromatic carbocycles.